The molecule has 440 valence electrons. The van der Waals surface area contributed by atoms with Crippen LogP contribution in [0.5, 0.6) is 0 Å². The topological polar surface area (TPSA) is 338 Å². The van der Waals surface area contributed by atoms with Gasteiger partial charge < -0.3 is 76.7 Å². The van der Waals surface area contributed by atoms with Crippen molar-refractivity contribution in [1.82, 2.24) is 40.6 Å². The molecule has 24 nitrogen and oxygen atoms in total. The van der Waals surface area contributed by atoms with Crippen LogP contribution in [0.4, 0.5) is 15.9 Å². The average Bonchev–Trinajstić information content (AvgIpc) is 3.90. The minimum atomic E-state index is -0.917. The van der Waals surface area contributed by atoms with Crippen LogP contribution < -0.4 is 43.2 Å². The number of nitrogens with two attached hydrogens (primary N) is 1. The fourth-order valence-electron chi connectivity index (χ4n) is 10.1. The van der Waals surface area contributed by atoms with Crippen LogP contribution in [-0.2, 0) is 57.3 Å². The summed E-state index contributed by atoms with van der Waals surface area (Å²) in [5, 5.41) is 44.3. The summed E-state index contributed by atoms with van der Waals surface area (Å²) in [5.74, 6) is -3.78. The lowest BCUT2D eigenvalue weighted by atomic mass is 9.83. The van der Waals surface area contributed by atoms with Crippen LogP contribution in [0.3, 0.4) is 0 Å². The van der Waals surface area contributed by atoms with Gasteiger partial charge >= 0.3 is 0 Å². The molecular weight excluding hydrogens is 1050 g/mol. The molecule has 0 radical (unpaired) electrons. The summed E-state index contributed by atoms with van der Waals surface area (Å²) in [6, 6.07) is 3.71. The van der Waals surface area contributed by atoms with Crippen molar-refractivity contribution in [2.24, 2.45) is 18.7 Å². The van der Waals surface area contributed by atoms with Gasteiger partial charge in [0, 0.05) is 86.2 Å². The molecule has 0 spiro atoms. The van der Waals surface area contributed by atoms with E-state index in [1.165, 1.54) is 47.1 Å². The lowest BCUT2D eigenvalue weighted by Gasteiger charge is -2.34. The molecule has 1 saturated carbocycles. The number of anilines is 2. The molecular formula is C56H78FN13O11. The van der Waals surface area contributed by atoms with Crippen LogP contribution in [0, 0.1) is 22.6 Å². The summed E-state index contributed by atoms with van der Waals surface area (Å²) in [6.07, 6.45) is 10.1. The molecule has 4 heterocycles. The molecule has 1 aliphatic carbocycles. The number of amides is 6. The first-order valence-electron chi connectivity index (χ1n) is 27.3. The SMILES string of the molecule is CNCC(=O)N[C@H](C(=O)N1C[C@@H](NC(=O)CCOCCOCCOCCC(=O)N2CCN/C(=C\C(=N)Nc3cc(-c4ccnc(NC(=O)c5c(F)cc(C(C)(C)C)cc5C=N)c4CO)cn(C)c3=O)C2)C[C@H]1C(N)=O)C1CCCCC1. The van der Waals surface area contributed by atoms with Crippen LogP contribution in [-0.4, -0.2) is 169 Å². The van der Waals surface area contributed by atoms with Crippen molar-refractivity contribution in [2.75, 3.05) is 90.0 Å². The molecule has 0 unspecified atom stereocenters. The van der Waals surface area contributed by atoms with Gasteiger partial charge in [-0.2, -0.15) is 0 Å². The van der Waals surface area contributed by atoms with Gasteiger partial charge in [-0.3, -0.25) is 39.0 Å². The molecule has 6 rings (SSSR count). The summed E-state index contributed by atoms with van der Waals surface area (Å²) in [4.78, 5) is 98.9. The summed E-state index contributed by atoms with van der Waals surface area (Å²) in [6.45, 7) is 7.41. The van der Waals surface area contributed by atoms with Gasteiger partial charge in [0.15, 0.2) is 0 Å². The third-order valence-corrected chi connectivity index (χ3v) is 14.3. The van der Waals surface area contributed by atoms with E-state index in [9.17, 15) is 38.7 Å². The van der Waals surface area contributed by atoms with E-state index in [1.54, 1.807) is 24.1 Å². The Labute approximate surface area is 470 Å². The van der Waals surface area contributed by atoms with Crippen molar-refractivity contribution in [3.63, 3.8) is 0 Å². The second-order valence-corrected chi connectivity index (χ2v) is 21.3. The van der Waals surface area contributed by atoms with Gasteiger partial charge in [-0.05, 0) is 73.0 Å². The van der Waals surface area contributed by atoms with Crippen molar-refractivity contribution < 1.29 is 52.5 Å². The van der Waals surface area contributed by atoms with Crippen LogP contribution >= 0.6 is 0 Å². The Kier molecular flexibility index (Phi) is 23.1. The molecule has 25 heteroatoms. The number of halogens is 1. The Hall–Kier alpha value is -7.45. The second kappa shape index (κ2) is 29.8. The molecule has 2 saturated heterocycles. The number of piperazine rings is 1. The predicted octanol–water partition coefficient (Wildman–Crippen LogP) is 2.02. The van der Waals surface area contributed by atoms with E-state index in [2.05, 4.69) is 36.9 Å². The summed E-state index contributed by atoms with van der Waals surface area (Å²) in [5.41, 5.74) is 6.71. The first kappa shape index (κ1) is 62.7. The number of hydrogen-bond donors (Lipinski definition) is 10. The molecule has 3 fully saturated rings. The molecule has 3 atom stereocenters. The fraction of sp³-hybridized carbons (Fsp3) is 0.536. The molecule has 2 aromatic heterocycles. The maximum absolute atomic E-state index is 15.4. The number of likely N-dealkylation sites (N-methyl/N-ethyl adjacent to an activating group) is 1. The Morgan fingerprint density at radius 2 is 1.67 bits per heavy atom. The number of aliphatic hydroxyl groups is 1. The number of likely N-dealkylation sites (tertiary alicyclic amines) is 1. The smallest absolute Gasteiger partial charge is 0.274 e. The largest absolute Gasteiger partial charge is 0.392 e. The first-order valence-corrected chi connectivity index (χ1v) is 27.3. The molecule has 2 aliphatic heterocycles. The van der Waals surface area contributed by atoms with Crippen molar-refractivity contribution in [3.8, 4) is 11.1 Å². The zero-order valence-corrected chi connectivity index (χ0v) is 46.8. The first-order chi connectivity index (χ1) is 38.7. The number of nitrogens with one attached hydrogen (secondary N) is 8. The normalized spacial score (nSPS) is 17.5. The number of aliphatic hydroxyl groups excluding tert-OH is 1. The van der Waals surface area contributed by atoms with Crippen molar-refractivity contribution in [1.29, 1.82) is 10.8 Å². The summed E-state index contributed by atoms with van der Waals surface area (Å²) >= 11 is 0. The number of rotatable bonds is 26. The Morgan fingerprint density at radius 1 is 0.975 bits per heavy atom. The highest BCUT2D eigenvalue weighted by molar-refractivity contribution is 6.09. The number of nitrogens with zero attached hydrogens (tertiary/aromatic N) is 4. The highest BCUT2D eigenvalue weighted by Gasteiger charge is 2.44. The number of aromatic nitrogens is 2. The highest BCUT2D eigenvalue weighted by Crippen LogP contribution is 2.32. The van der Waals surface area contributed by atoms with Crippen molar-refractivity contribution in [2.45, 2.75) is 102 Å². The number of carbonyl (C=O) groups is 6. The lowest BCUT2D eigenvalue weighted by Crippen LogP contribution is -2.56. The summed E-state index contributed by atoms with van der Waals surface area (Å²) < 4.78 is 33.5. The zero-order valence-electron chi connectivity index (χ0n) is 46.8. The van der Waals surface area contributed by atoms with Gasteiger partial charge in [0.25, 0.3) is 11.5 Å². The second-order valence-electron chi connectivity index (χ2n) is 21.3. The van der Waals surface area contributed by atoms with E-state index in [4.69, 9.17) is 30.8 Å². The minimum absolute atomic E-state index is 0.0254. The van der Waals surface area contributed by atoms with Crippen LogP contribution in [0.25, 0.3) is 11.1 Å². The van der Waals surface area contributed by atoms with Crippen molar-refractivity contribution >= 4 is 59.0 Å². The highest BCUT2D eigenvalue weighted by atomic mass is 19.1. The molecule has 1 aromatic carbocycles. The monoisotopic (exact) mass is 1130 g/mol. The van der Waals surface area contributed by atoms with E-state index in [1.807, 2.05) is 20.8 Å². The van der Waals surface area contributed by atoms with Gasteiger partial charge in [-0.25, -0.2) is 9.37 Å². The maximum Gasteiger partial charge on any atom is 0.274 e. The quantitative estimate of drug-likeness (QED) is 0.0312. The van der Waals surface area contributed by atoms with Crippen LogP contribution in [0.2, 0.25) is 0 Å². The van der Waals surface area contributed by atoms with Crippen LogP contribution in [0.1, 0.15) is 99.2 Å². The molecule has 3 aromatic rings. The van der Waals surface area contributed by atoms with E-state index < -0.39 is 53.3 Å². The van der Waals surface area contributed by atoms with E-state index >= 15 is 4.39 Å². The molecule has 0 bridgehead atoms. The fourth-order valence-corrected chi connectivity index (χ4v) is 10.1. The predicted molar refractivity (Wildman–Crippen MR) is 301 cm³/mol. The number of benzene rings is 1. The summed E-state index contributed by atoms with van der Waals surface area (Å²) in [7, 11) is 3.16. The molecule has 11 N–H and O–H groups in total. The number of carbonyl (C=O) groups excluding carboxylic acids is 6. The van der Waals surface area contributed by atoms with Gasteiger partial charge in [0.1, 0.15) is 35.2 Å². The van der Waals surface area contributed by atoms with Gasteiger partial charge in [0.05, 0.1) is 71.3 Å². The van der Waals surface area contributed by atoms with Gasteiger partial charge in [-0.1, -0.05) is 40.0 Å². The molecule has 81 heavy (non-hydrogen) atoms. The van der Waals surface area contributed by atoms with Gasteiger partial charge in [0.2, 0.25) is 29.5 Å². The number of pyridine rings is 2. The third kappa shape index (κ3) is 17.5. The van der Waals surface area contributed by atoms with E-state index in [0.717, 1.165) is 38.3 Å². The number of primary amides is 1. The number of hydrogen-bond acceptors (Lipinski definition) is 16. The molecule has 6 amide bonds. The average molecular weight is 1130 g/mol. The van der Waals surface area contributed by atoms with Crippen molar-refractivity contribution in [3.05, 3.63) is 86.9 Å². The number of ether oxygens (including phenoxy) is 3. The zero-order chi connectivity index (χ0) is 58.8. The van der Waals surface area contributed by atoms with Crippen LogP contribution in [0.15, 0.2) is 53.2 Å². The Morgan fingerprint density at radius 3 is 2.32 bits per heavy atom. The Balaban J connectivity index is 0.891. The third-order valence-electron chi connectivity index (χ3n) is 14.3. The molecule has 3 aliphatic rings. The standard InChI is InChI=1S/C56H78FN13O11/c1-56(2,3)37-23-35(28-58)49(42(57)25-37)53(76)67-52-41(33-71)40(11-14-63-52)36-24-43(54(77)68(5)30-36)65-45(59)27-38-31-69(16-15-62-38)48(74)13-18-80-20-22-81-21-19-79-17-12-46(72)64-39-26-44(51(60)75)70(32-39)55(78)50(66-47(73)29-61-4)34-9-7-6-8-10-34/h11,14,23-25,27-28,30,34,39,44,50,58,61-62,71H,6-10,12-13,15-22,26,29,31-33H2,1-5H3,(H2,59,65)(H2,60,75)(H,64,72)(H,66,73)(H,63,67,76)/b38-27-,58-28?/t39-,44-,50-/m0/s1. The Bertz CT molecular complexity index is 2870. The number of aryl methyl sites for hydroxylation is 1. The lowest BCUT2D eigenvalue weighted by molar-refractivity contribution is -0.142. The minimum Gasteiger partial charge on any atom is -0.392 e. The van der Waals surface area contributed by atoms with E-state index in [0.29, 0.717) is 35.5 Å². The van der Waals surface area contributed by atoms with E-state index in [-0.39, 0.29) is 142 Å². The maximum atomic E-state index is 15.4. The number of amidine groups is 1. The van der Waals surface area contributed by atoms with Gasteiger partial charge in [-0.15, -0.1) is 0 Å².